The third-order valence-electron chi connectivity index (χ3n) is 5.86. The number of amides is 1. The smallest absolute Gasteiger partial charge is 0.239 e. The minimum absolute atomic E-state index is 0.305. The standard InChI is InChI=1S/C23H30N6OS3/c1-15-14-18(31-2)19(22(25-15)32-3)20(21(24)30)29-10-8-28(9-11-29)12-13-33-23-26-16-6-4-5-7-17(16)27-23/h4-7,14,20H,8-13H2,1-3H3,(H2,24,30)(H,26,27). The third kappa shape index (κ3) is 5.68. The molecule has 3 N–H and O–H groups in total. The van der Waals surface area contributed by atoms with E-state index < -0.39 is 6.04 Å². The number of nitrogens with zero attached hydrogens (tertiary/aromatic N) is 4. The fourth-order valence-electron chi connectivity index (χ4n) is 4.22. The number of thioether (sulfide) groups is 3. The summed E-state index contributed by atoms with van der Waals surface area (Å²) >= 11 is 4.98. The first-order valence-corrected chi connectivity index (χ1v) is 14.4. The van der Waals surface area contributed by atoms with E-state index in [1.165, 1.54) is 0 Å². The van der Waals surface area contributed by atoms with Crippen LogP contribution in [-0.2, 0) is 4.79 Å². The van der Waals surface area contributed by atoms with Gasteiger partial charge >= 0.3 is 0 Å². The van der Waals surface area contributed by atoms with Gasteiger partial charge in [0.05, 0.1) is 11.0 Å². The van der Waals surface area contributed by atoms with Crippen molar-refractivity contribution in [3.8, 4) is 0 Å². The van der Waals surface area contributed by atoms with Gasteiger partial charge in [-0.15, -0.1) is 23.5 Å². The molecule has 1 aliphatic heterocycles. The molecular weight excluding hydrogens is 472 g/mol. The molecule has 3 aromatic rings. The van der Waals surface area contributed by atoms with Crippen molar-refractivity contribution in [2.75, 3.05) is 51.0 Å². The molecule has 1 unspecified atom stereocenters. The number of benzene rings is 1. The van der Waals surface area contributed by atoms with Crippen LogP contribution >= 0.6 is 35.3 Å². The van der Waals surface area contributed by atoms with Gasteiger partial charge in [-0.05, 0) is 37.6 Å². The highest BCUT2D eigenvalue weighted by molar-refractivity contribution is 7.99. The van der Waals surface area contributed by atoms with Crippen molar-refractivity contribution in [3.05, 3.63) is 41.6 Å². The normalized spacial score (nSPS) is 16.3. The van der Waals surface area contributed by atoms with Gasteiger partial charge in [-0.1, -0.05) is 23.9 Å². The van der Waals surface area contributed by atoms with Crippen molar-refractivity contribution in [1.29, 1.82) is 0 Å². The maximum atomic E-state index is 12.6. The molecule has 0 bridgehead atoms. The summed E-state index contributed by atoms with van der Waals surface area (Å²) in [7, 11) is 0. The molecule has 10 heteroatoms. The number of piperazine rings is 1. The van der Waals surface area contributed by atoms with E-state index in [1.54, 1.807) is 35.3 Å². The maximum Gasteiger partial charge on any atom is 0.239 e. The van der Waals surface area contributed by atoms with Crippen molar-refractivity contribution in [1.82, 2.24) is 24.8 Å². The topological polar surface area (TPSA) is 91.1 Å². The molecule has 0 saturated carbocycles. The minimum Gasteiger partial charge on any atom is -0.368 e. The van der Waals surface area contributed by atoms with Crippen LogP contribution in [0, 0.1) is 6.92 Å². The number of H-pyrrole nitrogens is 1. The van der Waals surface area contributed by atoms with Gasteiger partial charge in [-0.25, -0.2) is 9.97 Å². The highest BCUT2D eigenvalue weighted by Gasteiger charge is 2.33. The SMILES string of the molecule is CSc1cc(C)nc(SC)c1C(C(N)=O)N1CCN(CCSc2nc3ccccc3[nH]2)CC1. The number of nitrogens with one attached hydrogen (secondary N) is 1. The molecule has 1 amide bonds. The lowest BCUT2D eigenvalue weighted by Gasteiger charge is -2.39. The molecule has 1 saturated heterocycles. The number of carbonyl (C=O) groups excluding carboxylic acids is 1. The van der Waals surface area contributed by atoms with Gasteiger partial charge in [0.15, 0.2) is 5.16 Å². The number of imidazole rings is 1. The molecule has 0 radical (unpaired) electrons. The van der Waals surface area contributed by atoms with Crippen LogP contribution in [0.5, 0.6) is 0 Å². The number of nitrogens with two attached hydrogens (primary N) is 1. The number of hydrogen-bond acceptors (Lipinski definition) is 8. The highest BCUT2D eigenvalue weighted by atomic mass is 32.2. The zero-order valence-corrected chi connectivity index (χ0v) is 21.7. The van der Waals surface area contributed by atoms with E-state index in [0.29, 0.717) is 0 Å². The summed E-state index contributed by atoms with van der Waals surface area (Å²) in [5.74, 6) is 0.661. The second-order valence-corrected chi connectivity index (χ2v) is 10.7. The molecular formula is C23H30N6OS3. The van der Waals surface area contributed by atoms with Crippen molar-refractivity contribution >= 4 is 52.2 Å². The Balaban J connectivity index is 1.37. The molecule has 4 rings (SSSR count). The number of fused-ring (bicyclic) bond motifs is 1. The van der Waals surface area contributed by atoms with Crippen molar-refractivity contribution in [3.63, 3.8) is 0 Å². The van der Waals surface area contributed by atoms with Crippen LogP contribution in [0.4, 0.5) is 0 Å². The molecule has 1 atom stereocenters. The summed E-state index contributed by atoms with van der Waals surface area (Å²) in [6.07, 6.45) is 4.04. The lowest BCUT2D eigenvalue weighted by Crippen LogP contribution is -2.51. The molecule has 2 aromatic heterocycles. The lowest BCUT2D eigenvalue weighted by molar-refractivity contribution is -0.124. The zero-order chi connectivity index (χ0) is 23.4. The quantitative estimate of drug-likeness (QED) is 0.429. The minimum atomic E-state index is -0.449. The monoisotopic (exact) mass is 502 g/mol. The molecule has 1 aliphatic rings. The molecule has 176 valence electrons. The van der Waals surface area contributed by atoms with E-state index in [-0.39, 0.29) is 5.91 Å². The number of carbonyl (C=O) groups is 1. The first-order chi connectivity index (χ1) is 16.0. The first kappa shape index (κ1) is 24.4. The van der Waals surface area contributed by atoms with E-state index in [4.69, 9.17) is 10.7 Å². The predicted molar refractivity (Wildman–Crippen MR) is 139 cm³/mol. The fraction of sp³-hybridized carbons (Fsp3) is 0.435. The van der Waals surface area contributed by atoms with Gasteiger partial charge in [0.2, 0.25) is 5.91 Å². The Morgan fingerprint density at radius 3 is 2.58 bits per heavy atom. The number of aryl methyl sites for hydroxylation is 1. The lowest BCUT2D eigenvalue weighted by atomic mass is 10.0. The van der Waals surface area contributed by atoms with Crippen LogP contribution in [0.25, 0.3) is 11.0 Å². The van der Waals surface area contributed by atoms with Crippen molar-refractivity contribution in [2.45, 2.75) is 28.0 Å². The van der Waals surface area contributed by atoms with Gasteiger partial charge in [-0.2, -0.15) is 0 Å². The number of primary amides is 1. The first-order valence-electron chi connectivity index (χ1n) is 10.9. The number of aromatic amines is 1. The summed E-state index contributed by atoms with van der Waals surface area (Å²) in [4.78, 5) is 31.1. The Labute approximate surface area is 207 Å². The molecule has 1 fully saturated rings. The van der Waals surface area contributed by atoms with Crippen LogP contribution < -0.4 is 5.73 Å². The van der Waals surface area contributed by atoms with Crippen LogP contribution in [0.1, 0.15) is 17.3 Å². The van der Waals surface area contributed by atoms with Gasteiger partial charge in [-0.3, -0.25) is 14.6 Å². The number of pyridine rings is 1. The van der Waals surface area contributed by atoms with Crippen LogP contribution in [0.3, 0.4) is 0 Å². The van der Waals surface area contributed by atoms with Gasteiger partial charge in [0.1, 0.15) is 11.1 Å². The van der Waals surface area contributed by atoms with Crippen LogP contribution in [0.2, 0.25) is 0 Å². The van der Waals surface area contributed by atoms with Crippen LogP contribution in [0.15, 0.2) is 45.4 Å². The Hall–Kier alpha value is -1.72. The molecule has 7 nitrogen and oxygen atoms in total. The highest BCUT2D eigenvalue weighted by Crippen LogP contribution is 2.36. The van der Waals surface area contributed by atoms with Gasteiger partial charge in [0, 0.05) is 54.6 Å². The summed E-state index contributed by atoms with van der Waals surface area (Å²) in [6, 6.07) is 9.71. The molecule has 3 heterocycles. The second-order valence-electron chi connectivity index (χ2n) is 7.98. The molecule has 0 aliphatic carbocycles. The summed E-state index contributed by atoms with van der Waals surface area (Å²) in [6.45, 7) is 6.40. The van der Waals surface area contributed by atoms with Crippen molar-refractivity contribution in [2.24, 2.45) is 5.73 Å². The van der Waals surface area contributed by atoms with E-state index in [1.807, 2.05) is 37.6 Å². The maximum absolute atomic E-state index is 12.6. The Morgan fingerprint density at radius 1 is 1.15 bits per heavy atom. The second kappa shape index (κ2) is 11.1. The Morgan fingerprint density at radius 2 is 1.91 bits per heavy atom. The fourth-order valence-corrected chi connectivity index (χ4v) is 6.57. The average Bonchev–Trinajstić information content (AvgIpc) is 3.23. The largest absolute Gasteiger partial charge is 0.368 e. The van der Waals surface area contributed by atoms with Crippen LogP contribution in [-0.4, -0.2) is 81.6 Å². The number of rotatable bonds is 9. The van der Waals surface area contributed by atoms with E-state index >= 15 is 0 Å². The molecule has 1 aromatic carbocycles. The number of hydrogen-bond donors (Lipinski definition) is 2. The van der Waals surface area contributed by atoms with E-state index in [2.05, 4.69) is 31.9 Å². The van der Waals surface area contributed by atoms with E-state index in [0.717, 1.165) is 75.8 Å². The third-order valence-corrected chi connectivity index (χ3v) is 8.18. The Kier molecular flexibility index (Phi) is 8.24. The number of para-hydroxylation sites is 2. The van der Waals surface area contributed by atoms with Gasteiger partial charge < -0.3 is 10.7 Å². The Bertz CT molecular complexity index is 1050. The van der Waals surface area contributed by atoms with E-state index in [9.17, 15) is 4.79 Å². The molecule has 0 spiro atoms. The summed E-state index contributed by atoms with van der Waals surface area (Å²) in [5, 5.41) is 1.86. The summed E-state index contributed by atoms with van der Waals surface area (Å²) in [5.41, 5.74) is 9.94. The predicted octanol–water partition coefficient (Wildman–Crippen LogP) is 3.65. The number of aromatic nitrogens is 3. The molecule has 33 heavy (non-hydrogen) atoms. The zero-order valence-electron chi connectivity index (χ0n) is 19.2. The average molecular weight is 503 g/mol. The van der Waals surface area contributed by atoms with Gasteiger partial charge in [0.25, 0.3) is 0 Å². The summed E-state index contributed by atoms with van der Waals surface area (Å²) < 4.78 is 0. The van der Waals surface area contributed by atoms with Crippen molar-refractivity contribution < 1.29 is 4.79 Å².